The summed E-state index contributed by atoms with van der Waals surface area (Å²) in [6.07, 6.45) is 1.35. The molecule has 0 saturated carbocycles. The molecule has 2 N–H and O–H groups in total. The third kappa shape index (κ3) is 8.47. The van der Waals surface area contributed by atoms with E-state index in [9.17, 15) is 0 Å². The molecule has 0 aromatic rings. The summed E-state index contributed by atoms with van der Waals surface area (Å²) >= 11 is 0. The van der Waals surface area contributed by atoms with Crippen LogP contribution < -0.4 is 5.73 Å². The number of nitrogens with two attached hydrogens (primary N) is 1. The van der Waals surface area contributed by atoms with Gasteiger partial charge in [0.1, 0.15) is 0 Å². The van der Waals surface area contributed by atoms with Crippen molar-refractivity contribution in [3.05, 3.63) is 0 Å². The minimum absolute atomic E-state index is 0.124. The van der Waals surface area contributed by atoms with Crippen LogP contribution in [-0.4, -0.2) is 21.5 Å². The van der Waals surface area contributed by atoms with Gasteiger partial charge in [0.15, 0.2) is 8.32 Å². The second-order valence-electron chi connectivity index (χ2n) is 3.85. The highest BCUT2D eigenvalue weighted by atomic mass is 28.4. The largest absolute Gasteiger partial charge is 0.418 e. The lowest BCUT2D eigenvalue weighted by atomic mass is 10.2. The Bertz CT molecular complexity index is 177. The Morgan fingerprint density at radius 2 is 2.00 bits per heavy atom. The van der Waals surface area contributed by atoms with Gasteiger partial charge >= 0.3 is 0 Å². The first-order chi connectivity index (χ1) is 6.83. The van der Waals surface area contributed by atoms with Crippen LogP contribution in [0.3, 0.4) is 0 Å². The average molecular weight is 205 g/mol. The summed E-state index contributed by atoms with van der Waals surface area (Å²) in [5, 5.41) is 0. The van der Waals surface area contributed by atoms with Gasteiger partial charge in [0.25, 0.3) is 0 Å². The molecular formula is C10H25NOSi. The van der Waals surface area contributed by atoms with E-state index >= 15 is 0 Å². The second-order valence-corrected chi connectivity index (χ2v) is 8.16. The topological polar surface area (TPSA) is 35.2 Å². The average Bonchev–Trinajstić information content (AvgIpc) is 2.13. The molecule has 0 radical (unpaired) electrons. The monoisotopic (exact) mass is 205 g/mol. The predicted octanol–water partition coefficient (Wildman–Crippen LogP) is 2.75. The molecule has 0 spiro atoms. The van der Waals surface area contributed by atoms with Gasteiger partial charge in [-0.25, -0.2) is 0 Å². The highest BCUT2D eigenvalue weighted by molar-refractivity contribution is 6.71. The van der Waals surface area contributed by atoms with Crippen LogP contribution in [0.5, 0.6) is 0 Å². The second kappa shape index (κ2) is 7.53. The maximum absolute atomic E-state index is 7.51. The molecule has 0 saturated heterocycles. The van der Waals surface area contributed by atoms with E-state index in [1.165, 1.54) is 0 Å². The molecule has 0 heterocycles. The molecule has 0 bridgehead atoms. The summed E-state index contributed by atoms with van der Waals surface area (Å²) < 4.78 is 20.7. The highest BCUT2D eigenvalue weighted by Crippen LogP contribution is 2.16. The molecule has 0 rings (SSSR count). The van der Waals surface area contributed by atoms with Crippen molar-refractivity contribution in [3.63, 3.8) is 0 Å². The Labute approximate surface area is 86.8 Å². The molecule has 80 valence electrons. The summed E-state index contributed by atoms with van der Waals surface area (Å²) in [6, 6.07) is 1.11. The van der Waals surface area contributed by atoms with Gasteiger partial charge in [-0.05, 0) is 39.0 Å². The fraction of sp³-hybridized carbons (Fsp3) is 1.00. The molecule has 13 heavy (non-hydrogen) atoms. The molecule has 0 atom stereocenters. The van der Waals surface area contributed by atoms with Gasteiger partial charge in [0, 0.05) is 9.35 Å². The molecule has 2 nitrogen and oxygen atoms in total. The van der Waals surface area contributed by atoms with Crippen molar-refractivity contribution in [3.8, 4) is 0 Å². The van der Waals surface area contributed by atoms with Crippen LogP contribution >= 0.6 is 0 Å². The molecule has 0 unspecified atom stereocenters. The third-order valence-electron chi connectivity index (χ3n) is 2.06. The zero-order chi connectivity index (χ0) is 11.9. The van der Waals surface area contributed by atoms with E-state index in [4.69, 9.17) is 12.9 Å². The summed E-state index contributed by atoms with van der Waals surface area (Å²) in [7, 11) is -1.46. The quantitative estimate of drug-likeness (QED) is 0.488. The van der Waals surface area contributed by atoms with Crippen LogP contribution in [0.15, 0.2) is 0 Å². The van der Waals surface area contributed by atoms with Gasteiger partial charge in [-0.2, -0.15) is 0 Å². The van der Waals surface area contributed by atoms with Crippen LogP contribution in [0.25, 0.3) is 0 Å². The molecule has 0 amide bonds. The van der Waals surface area contributed by atoms with Crippen molar-refractivity contribution in [2.45, 2.75) is 51.7 Å². The Morgan fingerprint density at radius 1 is 1.31 bits per heavy atom. The van der Waals surface area contributed by atoms with Gasteiger partial charge < -0.3 is 10.2 Å². The van der Waals surface area contributed by atoms with Crippen molar-refractivity contribution in [1.29, 1.82) is 0 Å². The van der Waals surface area contributed by atoms with Gasteiger partial charge in [-0.15, -0.1) is 0 Å². The predicted molar refractivity (Wildman–Crippen MR) is 61.4 cm³/mol. The lowest BCUT2D eigenvalue weighted by Crippen LogP contribution is -2.29. The van der Waals surface area contributed by atoms with Crippen LogP contribution in [0.4, 0.5) is 0 Å². The molecule has 3 heteroatoms. The summed E-state index contributed by atoms with van der Waals surface area (Å²) in [5.41, 5.74) is 5.33. The third-order valence-corrected chi connectivity index (χ3v) is 4.69. The molecular weight excluding hydrogens is 178 g/mol. The summed E-state index contributed by atoms with van der Waals surface area (Å²) in [5.74, 6) is 0. The van der Waals surface area contributed by atoms with E-state index in [1.807, 2.05) is 6.92 Å². The normalized spacial score (nSPS) is 15.4. The van der Waals surface area contributed by atoms with Gasteiger partial charge in [-0.3, -0.25) is 0 Å². The Morgan fingerprint density at radius 3 is 2.54 bits per heavy atom. The zero-order valence-electron chi connectivity index (χ0n) is 11.2. The summed E-state index contributed by atoms with van der Waals surface area (Å²) in [4.78, 5) is 0. The smallest absolute Gasteiger partial charge is 0.186 e. The Kier molecular flexibility index (Phi) is 5.61. The van der Waals surface area contributed by atoms with E-state index in [2.05, 4.69) is 13.1 Å². The van der Waals surface area contributed by atoms with E-state index in [1.54, 1.807) is 0 Å². The standard InChI is InChI=1S/C10H25NOSi/c1-4-12-13(2,3)10-8-6-5-7-9-11/h4-11H2,1-3H3/i7D2. The minimum atomic E-state index is -1.46. The molecule has 0 aliphatic heterocycles. The molecule has 0 aromatic heterocycles. The molecule has 0 aromatic carbocycles. The number of rotatable bonds is 8. The Hall–Kier alpha value is 0.137. The molecule has 0 aliphatic rings. The van der Waals surface area contributed by atoms with E-state index in [-0.39, 0.29) is 6.54 Å². The van der Waals surface area contributed by atoms with E-state index < -0.39 is 14.7 Å². The van der Waals surface area contributed by atoms with Gasteiger partial charge in [0.2, 0.25) is 0 Å². The number of unbranched alkanes of at least 4 members (excludes halogenated alkanes) is 1. The van der Waals surface area contributed by atoms with Crippen LogP contribution in [0, 0.1) is 0 Å². The molecule has 0 fully saturated rings. The maximum atomic E-state index is 7.51. The SMILES string of the molecule is [2H]C([2H])(CN)CCCC[Si](C)(C)OCC. The van der Waals surface area contributed by atoms with Gasteiger partial charge in [0.05, 0.1) is 0 Å². The first-order valence-corrected chi connectivity index (χ1v) is 8.28. The lowest BCUT2D eigenvalue weighted by Gasteiger charge is -2.21. The zero-order valence-corrected chi connectivity index (χ0v) is 10.2. The first-order valence-electron chi connectivity index (χ1n) is 6.17. The first kappa shape index (κ1) is 9.68. The van der Waals surface area contributed by atoms with Crippen molar-refractivity contribution < 1.29 is 7.17 Å². The lowest BCUT2D eigenvalue weighted by molar-refractivity contribution is 0.327. The minimum Gasteiger partial charge on any atom is -0.418 e. The van der Waals surface area contributed by atoms with E-state index in [0.717, 1.165) is 25.5 Å². The van der Waals surface area contributed by atoms with E-state index in [0.29, 0.717) is 6.42 Å². The molecule has 0 aliphatic carbocycles. The fourth-order valence-electron chi connectivity index (χ4n) is 1.37. The van der Waals surface area contributed by atoms with Crippen molar-refractivity contribution in [1.82, 2.24) is 0 Å². The number of hydrogen-bond acceptors (Lipinski definition) is 2. The van der Waals surface area contributed by atoms with Crippen molar-refractivity contribution in [2.75, 3.05) is 13.2 Å². The maximum Gasteiger partial charge on any atom is 0.186 e. The van der Waals surface area contributed by atoms with Gasteiger partial charge in [-0.1, -0.05) is 19.3 Å². The van der Waals surface area contributed by atoms with Crippen molar-refractivity contribution in [2.24, 2.45) is 5.73 Å². The van der Waals surface area contributed by atoms with Crippen LogP contribution in [0.1, 0.15) is 35.3 Å². The van der Waals surface area contributed by atoms with Crippen molar-refractivity contribution >= 4 is 8.32 Å². The fourth-order valence-corrected chi connectivity index (χ4v) is 3.39. The highest BCUT2D eigenvalue weighted by Gasteiger charge is 2.20. The Balaban J connectivity index is 3.62. The van der Waals surface area contributed by atoms with Crippen LogP contribution in [-0.2, 0) is 4.43 Å². The van der Waals surface area contributed by atoms with Crippen LogP contribution in [0.2, 0.25) is 19.1 Å². The summed E-state index contributed by atoms with van der Waals surface area (Å²) in [6.45, 7) is 7.38. The number of hydrogen-bond donors (Lipinski definition) is 1.